The smallest absolute Gasteiger partial charge is 0.159 e. The predicted molar refractivity (Wildman–Crippen MR) is 64.4 cm³/mol. The van der Waals surface area contributed by atoms with E-state index in [2.05, 4.69) is 5.32 Å². The molecular weight excluding hydrogens is 248 g/mol. The Labute approximate surface area is 106 Å². The number of ether oxygens (including phenoxy) is 1. The van der Waals surface area contributed by atoms with Crippen molar-refractivity contribution >= 4 is 12.4 Å². The fraction of sp³-hybridized carbons (Fsp3) is 0.500. The van der Waals surface area contributed by atoms with Gasteiger partial charge in [0, 0.05) is 12.1 Å². The van der Waals surface area contributed by atoms with Crippen LogP contribution >= 0.6 is 12.4 Å². The van der Waals surface area contributed by atoms with E-state index in [9.17, 15) is 8.78 Å². The van der Waals surface area contributed by atoms with Crippen molar-refractivity contribution in [2.75, 3.05) is 6.61 Å². The maximum Gasteiger partial charge on any atom is 0.159 e. The molecule has 96 valence electrons. The van der Waals surface area contributed by atoms with E-state index in [1.807, 2.05) is 13.8 Å². The molecule has 3 atom stereocenters. The van der Waals surface area contributed by atoms with Crippen molar-refractivity contribution in [3.63, 3.8) is 0 Å². The molecule has 1 heterocycles. The normalized spacial score (nSPS) is 28.6. The number of hydrogen-bond acceptors (Lipinski definition) is 2. The van der Waals surface area contributed by atoms with Crippen LogP contribution in [0.5, 0.6) is 0 Å². The minimum Gasteiger partial charge on any atom is -0.370 e. The lowest BCUT2D eigenvalue weighted by Gasteiger charge is -2.34. The van der Waals surface area contributed by atoms with Crippen LogP contribution in [0.1, 0.15) is 25.5 Å². The van der Waals surface area contributed by atoms with E-state index in [-0.39, 0.29) is 30.6 Å². The van der Waals surface area contributed by atoms with E-state index in [4.69, 9.17) is 4.74 Å². The Hall–Kier alpha value is -0.710. The molecule has 1 fully saturated rings. The monoisotopic (exact) mass is 263 g/mol. The molecule has 0 aliphatic carbocycles. The predicted octanol–water partition coefficient (Wildman–Crippen LogP) is 2.82. The molecular formula is C12H16ClF2NO. The molecule has 1 N–H and O–H groups in total. The van der Waals surface area contributed by atoms with Crippen LogP contribution in [0.25, 0.3) is 0 Å². The summed E-state index contributed by atoms with van der Waals surface area (Å²) < 4.78 is 31.5. The van der Waals surface area contributed by atoms with E-state index in [0.717, 1.165) is 6.07 Å². The third-order valence-electron chi connectivity index (χ3n) is 2.80. The molecule has 1 aliphatic rings. The highest BCUT2D eigenvalue weighted by atomic mass is 35.5. The molecule has 1 saturated heterocycles. The maximum atomic E-state index is 13.1. The average molecular weight is 264 g/mol. The van der Waals surface area contributed by atoms with Crippen molar-refractivity contribution in [2.45, 2.75) is 32.0 Å². The molecule has 0 saturated carbocycles. The summed E-state index contributed by atoms with van der Waals surface area (Å²) in [5.41, 5.74) is 0.672. The summed E-state index contributed by atoms with van der Waals surface area (Å²) in [6.07, 6.45) is -0.216. The molecule has 0 aromatic heterocycles. The topological polar surface area (TPSA) is 21.3 Å². The zero-order valence-corrected chi connectivity index (χ0v) is 10.6. The summed E-state index contributed by atoms with van der Waals surface area (Å²) in [6, 6.07) is 4.29. The summed E-state index contributed by atoms with van der Waals surface area (Å²) in [7, 11) is 0. The molecule has 2 nitrogen and oxygen atoms in total. The van der Waals surface area contributed by atoms with Crippen LogP contribution in [0.4, 0.5) is 8.78 Å². The van der Waals surface area contributed by atoms with Crippen molar-refractivity contribution in [3.8, 4) is 0 Å². The molecule has 5 heteroatoms. The molecule has 0 unspecified atom stereocenters. The van der Waals surface area contributed by atoms with Crippen molar-refractivity contribution < 1.29 is 13.5 Å². The zero-order chi connectivity index (χ0) is 11.7. The summed E-state index contributed by atoms with van der Waals surface area (Å²) >= 11 is 0. The van der Waals surface area contributed by atoms with Gasteiger partial charge in [-0.25, -0.2) is 8.78 Å². The Morgan fingerprint density at radius 2 is 1.94 bits per heavy atom. The Morgan fingerprint density at radius 1 is 1.24 bits per heavy atom. The van der Waals surface area contributed by atoms with Crippen molar-refractivity contribution in [3.05, 3.63) is 35.4 Å². The Morgan fingerprint density at radius 3 is 2.53 bits per heavy atom. The molecule has 17 heavy (non-hydrogen) atoms. The number of halogens is 3. The van der Waals surface area contributed by atoms with E-state index in [0.29, 0.717) is 12.2 Å². The molecule has 0 spiro atoms. The van der Waals surface area contributed by atoms with Gasteiger partial charge in [0.2, 0.25) is 0 Å². The lowest BCUT2D eigenvalue weighted by molar-refractivity contribution is -0.0208. The van der Waals surface area contributed by atoms with Crippen LogP contribution in [0.3, 0.4) is 0 Å². The van der Waals surface area contributed by atoms with Gasteiger partial charge >= 0.3 is 0 Å². The Kier molecular flexibility index (Phi) is 4.86. The van der Waals surface area contributed by atoms with Gasteiger partial charge in [-0.3, -0.25) is 0 Å². The van der Waals surface area contributed by atoms with Crippen molar-refractivity contribution in [1.29, 1.82) is 0 Å². The number of hydrogen-bond donors (Lipinski definition) is 1. The van der Waals surface area contributed by atoms with E-state index in [1.165, 1.54) is 6.07 Å². The Bertz CT molecular complexity index is 389. The molecule has 0 bridgehead atoms. The van der Waals surface area contributed by atoms with E-state index >= 15 is 0 Å². The second-order valence-electron chi connectivity index (χ2n) is 4.28. The van der Waals surface area contributed by atoms with E-state index < -0.39 is 11.6 Å². The quantitative estimate of drug-likeness (QED) is 0.841. The second kappa shape index (κ2) is 5.76. The van der Waals surface area contributed by atoms with Crippen LogP contribution in [-0.2, 0) is 4.74 Å². The zero-order valence-electron chi connectivity index (χ0n) is 9.74. The minimum atomic E-state index is -0.827. The summed E-state index contributed by atoms with van der Waals surface area (Å²) in [5.74, 6) is -1.65. The van der Waals surface area contributed by atoms with Crippen LogP contribution < -0.4 is 5.32 Å². The van der Waals surface area contributed by atoms with Crippen LogP contribution in [0.2, 0.25) is 0 Å². The highest BCUT2D eigenvalue weighted by Gasteiger charge is 2.27. The first-order valence-corrected chi connectivity index (χ1v) is 5.40. The van der Waals surface area contributed by atoms with Gasteiger partial charge < -0.3 is 10.1 Å². The average Bonchev–Trinajstić information content (AvgIpc) is 2.22. The SMILES string of the molecule is C[C@H]1CO[C@H](c2ccc(F)c(F)c2)[C@@H](C)N1.Cl. The first kappa shape index (κ1) is 14.4. The fourth-order valence-corrected chi connectivity index (χ4v) is 2.05. The minimum absolute atomic E-state index is 0. The molecule has 0 amide bonds. The van der Waals surface area contributed by atoms with Crippen molar-refractivity contribution in [1.82, 2.24) is 5.32 Å². The highest BCUT2D eigenvalue weighted by molar-refractivity contribution is 5.85. The summed E-state index contributed by atoms with van der Waals surface area (Å²) in [6.45, 7) is 4.58. The fourth-order valence-electron chi connectivity index (χ4n) is 2.05. The number of benzene rings is 1. The van der Waals surface area contributed by atoms with Gasteiger partial charge in [0.05, 0.1) is 12.7 Å². The van der Waals surface area contributed by atoms with Gasteiger partial charge in [-0.1, -0.05) is 6.07 Å². The molecule has 2 rings (SSSR count). The third kappa shape index (κ3) is 3.15. The van der Waals surface area contributed by atoms with Gasteiger partial charge in [-0.15, -0.1) is 12.4 Å². The van der Waals surface area contributed by atoms with Crippen LogP contribution in [-0.4, -0.2) is 18.7 Å². The lowest BCUT2D eigenvalue weighted by atomic mass is 10.0. The lowest BCUT2D eigenvalue weighted by Crippen LogP contribution is -2.47. The van der Waals surface area contributed by atoms with Crippen LogP contribution in [0.15, 0.2) is 18.2 Å². The molecule has 0 radical (unpaired) electrons. The van der Waals surface area contributed by atoms with Gasteiger partial charge in [-0.2, -0.15) is 0 Å². The summed E-state index contributed by atoms with van der Waals surface area (Å²) in [4.78, 5) is 0. The molecule has 1 aromatic rings. The maximum absolute atomic E-state index is 13.1. The van der Waals surface area contributed by atoms with Crippen molar-refractivity contribution in [2.24, 2.45) is 0 Å². The molecule has 1 aromatic carbocycles. The largest absolute Gasteiger partial charge is 0.370 e. The molecule has 1 aliphatic heterocycles. The number of nitrogens with one attached hydrogen (secondary N) is 1. The van der Waals surface area contributed by atoms with Gasteiger partial charge in [0.1, 0.15) is 0 Å². The first-order chi connectivity index (χ1) is 7.58. The Balaban J connectivity index is 0.00000144. The van der Waals surface area contributed by atoms with Gasteiger partial charge in [-0.05, 0) is 31.5 Å². The van der Waals surface area contributed by atoms with Crippen LogP contribution in [0, 0.1) is 11.6 Å². The highest BCUT2D eigenvalue weighted by Crippen LogP contribution is 2.26. The third-order valence-corrected chi connectivity index (χ3v) is 2.80. The van der Waals surface area contributed by atoms with Gasteiger partial charge in [0.15, 0.2) is 11.6 Å². The van der Waals surface area contributed by atoms with Gasteiger partial charge in [0.25, 0.3) is 0 Å². The number of rotatable bonds is 1. The standard InChI is InChI=1S/C12H15F2NO.ClH/c1-7-6-16-12(8(2)15-7)9-3-4-10(13)11(14)5-9;/h3-5,7-8,12,15H,6H2,1-2H3;1H/t7-,8+,12-;/m0./s1. The number of morpholine rings is 1. The first-order valence-electron chi connectivity index (χ1n) is 5.40. The second-order valence-corrected chi connectivity index (χ2v) is 4.28. The summed E-state index contributed by atoms with van der Waals surface area (Å²) in [5, 5.41) is 3.32. The van der Waals surface area contributed by atoms with E-state index in [1.54, 1.807) is 6.07 Å².